The van der Waals surface area contributed by atoms with E-state index in [1.165, 1.54) is 0 Å². The Labute approximate surface area is 120 Å². The zero-order valence-corrected chi connectivity index (χ0v) is 11.5. The van der Waals surface area contributed by atoms with Crippen LogP contribution in [0.25, 0.3) is 27.3 Å². The number of fused-ring (bicyclic) bond motifs is 6. The Balaban J connectivity index is 2.03. The van der Waals surface area contributed by atoms with Crippen LogP contribution in [-0.2, 0) is 0 Å². The normalized spacial score (nSPS) is 13.6. The highest BCUT2D eigenvalue weighted by Gasteiger charge is 2.17. The van der Waals surface area contributed by atoms with E-state index in [4.69, 9.17) is 14.5 Å². The molecule has 1 aliphatic heterocycles. The minimum Gasteiger partial charge on any atom is -0.454 e. The molecule has 0 unspecified atom stereocenters. The molecule has 1 aliphatic rings. The first-order valence-corrected chi connectivity index (χ1v) is 6.91. The van der Waals surface area contributed by atoms with Crippen molar-refractivity contribution in [2.75, 3.05) is 6.79 Å². The van der Waals surface area contributed by atoms with Gasteiger partial charge in [0.25, 0.3) is 0 Å². The summed E-state index contributed by atoms with van der Waals surface area (Å²) in [4.78, 5) is 4.71. The Morgan fingerprint density at radius 3 is 2.71 bits per heavy atom. The molecular weight excluding hydrogens is 264 g/mol. The first kappa shape index (κ1) is 11.0. The average molecular weight is 276 g/mol. The molecule has 5 rings (SSSR count). The number of hydrogen-bond acceptors (Lipinski definition) is 3. The summed E-state index contributed by atoms with van der Waals surface area (Å²) in [7, 11) is 0. The molecule has 102 valence electrons. The first-order valence-electron chi connectivity index (χ1n) is 6.91. The number of aromatic nitrogens is 2. The minimum absolute atomic E-state index is 0.296. The SMILES string of the molecule is Cc1nc2ccccc2c2cc3cc4c(cc3n12)OCO4. The van der Waals surface area contributed by atoms with E-state index in [2.05, 4.69) is 16.5 Å². The van der Waals surface area contributed by atoms with Gasteiger partial charge in [-0.2, -0.15) is 0 Å². The second-order valence-electron chi connectivity index (χ2n) is 5.31. The number of para-hydroxylation sites is 1. The fraction of sp³-hybridized carbons (Fsp3) is 0.118. The van der Waals surface area contributed by atoms with Gasteiger partial charge in [-0.15, -0.1) is 0 Å². The summed E-state index contributed by atoms with van der Waals surface area (Å²) < 4.78 is 13.1. The highest BCUT2D eigenvalue weighted by atomic mass is 16.7. The third-order valence-electron chi connectivity index (χ3n) is 4.08. The van der Waals surface area contributed by atoms with E-state index in [0.29, 0.717) is 6.79 Å². The van der Waals surface area contributed by atoms with Crippen molar-refractivity contribution < 1.29 is 9.47 Å². The summed E-state index contributed by atoms with van der Waals surface area (Å²) in [5.41, 5.74) is 3.28. The zero-order chi connectivity index (χ0) is 14.0. The monoisotopic (exact) mass is 276 g/mol. The molecule has 0 saturated carbocycles. The van der Waals surface area contributed by atoms with Gasteiger partial charge in [-0.1, -0.05) is 18.2 Å². The molecule has 0 atom stereocenters. The Bertz CT molecular complexity index is 1030. The van der Waals surface area contributed by atoms with Crippen molar-refractivity contribution in [2.45, 2.75) is 6.92 Å². The lowest BCUT2D eigenvalue weighted by Crippen LogP contribution is -1.96. The van der Waals surface area contributed by atoms with Crippen LogP contribution in [0.1, 0.15) is 5.82 Å². The molecule has 0 N–H and O–H groups in total. The van der Waals surface area contributed by atoms with Crippen LogP contribution in [0.5, 0.6) is 11.5 Å². The minimum atomic E-state index is 0.296. The number of ether oxygens (including phenoxy) is 2. The lowest BCUT2D eigenvalue weighted by atomic mass is 10.2. The third kappa shape index (κ3) is 1.36. The topological polar surface area (TPSA) is 35.8 Å². The molecule has 2 aromatic carbocycles. The van der Waals surface area contributed by atoms with Crippen molar-refractivity contribution in [2.24, 2.45) is 0 Å². The van der Waals surface area contributed by atoms with Crippen LogP contribution in [-0.4, -0.2) is 16.2 Å². The Morgan fingerprint density at radius 1 is 1.00 bits per heavy atom. The van der Waals surface area contributed by atoms with Gasteiger partial charge in [0, 0.05) is 16.8 Å². The van der Waals surface area contributed by atoms with E-state index in [0.717, 1.165) is 44.6 Å². The summed E-state index contributed by atoms with van der Waals surface area (Å²) in [6.45, 7) is 2.33. The fourth-order valence-electron chi connectivity index (χ4n) is 3.16. The van der Waals surface area contributed by atoms with E-state index in [-0.39, 0.29) is 0 Å². The quantitative estimate of drug-likeness (QED) is 0.491. The van der Waals surface area contributed by atoms with E-state index < -0.39 is 0 Å². The van der Waals surface area contributed by atoms with Gasteiger partial charge in [0.05, 0.1) is 16.6 Å². The van der Waals surface area contributed by atoms with Crippen LogP contribution in [0.2, 0.25) is 0 Å². The number of hydrogen-bond donors (Lipinski definition) is 0. The van der Waals surface area contributed by atoms with Crippen molar-refractivity contribution in [1.82, 2.24) is 9.38 Å². The van der Waals surface area contributed by atoms with Crippen molar-refractivity contribution in [3.8, 4) is 11.5 Å². The van der Waals surface area contributed by atoms with Crippen LogP contribution < -0.4 is 9.47 Å². The summed E-state index contributed by atoms with van der Waals surface area (Å²) >= 11 is 0. The molecule has 4 heteroatoms. The Kier molecular flexibility index (Phi) is 1.91. The lowest BCUT2D eigenvalue weighted by molar-refractivity contribution is 0.174. The molecule has 0 spiro atoms. The van der Waals surface area contributed by atoms with Crippen LogP contribution in [0, 0.1) is 6.92 Å². The van der Waals surface area contributed by atoms with Crippen LogP contribution in [0.4, 0.5) is 0 Å². The van der Waals surface area contributed by atoms with E-state index in [1.54, 1.807) is 0 Å². The van der Waals surface area contributed by atoms with Gasteiger partial charge < -0.3 is 9.47 Å². The van der Waals surface area contributed by atoms with Crippen molar-refractivity contribution in [3.05, 3.63) is 48.3 Å². The van der Waals surface area contributed by atoms with Crippen LogP contribution in [0.15, 0.2) is 42.5 Å². The molecule has 0 bridgehead atoms. The maximum absolute atomic E-state index is 5.50. The van der Waals surface area contributed by atoms with Crippen molar-refractivity contribution in [1.29, 1.82) is 0 Å². The van der Waals surface area contributed by atoms with E-state index in [9.17, 15) is 0 Å². The Morgan fingerprint density at radius 2 is 1.81 bits per heavy atom. The van der Waals surface area contributed by atoms with Gasteiger partial charge in [0.1, 0.15) is 5.82 Å². The number of aryl methyl sites for hydroxylation is 1. The van der Waals surface area contributed by atoms with Crippen molar-refractivity contribution in [3.63, 3.8) is 0 Å². The fourth-order valence-corrected chi connectivity index (χ4v) is 3.16. The smallest absolute Gasteiger partial charge is 0.231 e. The molecule has 0 aliphatic carbocycles. The van der Waals surface area contributed by atoms with E-state index >= 15 is 0 Å². The van der Waals surface area contributed by atoms with Crippen LogP contribution >= 0.6 is 0 Å². The van der Waals surface area contributed by atoms with E-state index in [1.807, 2.05) is 37.3 Å². The maximum atomic E-state index is 5.50. The summed E-state index contributed by atoms with van der Waals surface area (Å²) in [5, 5.41) is 2.29. The van der Waals surface area contributed by atoms with Crippen molar-refractivity contribution >= 4 is 27.3 Å². The zero-order valence-electron chi connectivity index (χ0n) is 11.5. The molecule has 2 aromatic heterocycles. The van der Waals surface area contributed by atoms with Gasteiger partial charge in [-0.3, -0.25) is 4.40 Å². The molecule has 4 nitrogen and oxygen atoms in total. The van der Waals surface area contributed by atoms with Gasteiger partial charge in [-0.05, 0) is 25.1 Å². The summed E-state index contributed by atoms with van der Waals surface area (Å²) in [5.74, 6) is 2.58. The number of nitrogens with zero attached hydrogens (tertiary/aromatic N) is 2. The predicted molar refractivity (Wildman–Crippen MR) is 81.1 cm³/mol. The van der Waals surface area contributed by atoms with Gasteiger partial charge in [0.2, 0.25) is 6.79 Å². The molecular formula is C17H12N2O2. The van der Waals surface area contributed by atoms with Gasteiger partial charge in [0.15, 0.2) is 11.5 Å². The Hall–Kier alpha value is -2.75. The third-order valence-corrected chi connectivity index (χ3v) is 4.08. The standard InChI is InChI=1S/C17H12N2O2/c1-10-18-13-5-3-2-4-12(13)15-6-11-7-16-17(21-9-20-16)8-14(11)19(10)15/h2-8H,9H2,1H3. The van der Waals surface area contributed by atoms with Gasteiger partial charge in [-0.25, -0.2) is 4.98 Å². The second kappa shape index (κ2) is 3.67. The molecule has 3 heterocycles. The molecule has 21 heavy (non-hydrogen) atoms. The second-order valence-corrected chi connectivity index (χ2v) is 5.31. The molecule has 4 aromatic rings. The first-order chi connectivity index (χ1) is 10.3. The molecule has 0 saturated heterocycles. The lowest BCUT2D eigenvalue weighted by Gasteiger charge is -2.06. The molecule has 0 radical (unpaired) electrons. The van der Waals surface area contributed by atoms with Crippen LogP contribution in [0.3, 0.4) is 0 Å². The predicted octanol–water partition coefficient (Wildman–Crippen LogP) is 3.68. The highest BCUT2D eigenvalue weighted by Crippen LogP contribution is 2.38. The number of rotatable bonds is 0. The largest absolute Gasteiger partial charge is 0.454 e. The number of benzene rings is 2. The molecule has 0 amide bonds. The molecule has 0 fully saturated rings. The summed E-state index contributed by atoms with van der Waals surface area (Å²) in [6, 6.07) is 14.5. The average Bonchev–Trinajstić information content (AvgIpc) is 3.08. The summed E-state index contributed by atoms with van der Waals surface area (Å²) in [6.07, 6.45) is 0. The highest BCUT2D eigenvalue weighted by molar-refractivity contribution is 6.01. The van der Waals surface area contributed by atoms with Gasteiger partial charge >= 0.3 is 0 Å². The maximum Gasteiger partial charge on any atom is 0.231 e.